The third-order valence-electron chi connectivity index (χ3n) is 3.95. The lowest BCUT2D eigenvalue weighted by molar-refractivity contribution is 0.0696. The van der Waals surface area contributed by atoms with Crippen molar-refractivity contribution in [2.24, 2.45) is 5.41 Å². The number of furan rings is 1. The summed E-state index contributed by atoms with van der Waals surface area (Å²) in [6, 6.07) is 1.53. The molecule has 19 heavy (non-hydrogen) atoms. The number of carboxylic acids is 1. The largest absolute Gasteiger partial charge is 0.478 e. The molecule has 0 saturated heterocycles. The highest BCUT2D eigenvalue weighted by molar-refractivity contribution is 5.87. The van der Waals surface area contributed by atoms with Crippen LogP contribution in [0, 0.1) is 5.41 Å². The summed E-state index contributed by atoms with van der Waals surface area (Å²) in [6.45, 7) is 1.44. The van der Waals surface area contributed by atoms with Crippen molar-refractivity contribution >= 4 is 5.97 Å². The maximum Gasteiger partial charge on any atom is 0.338 e. The zero-order chi connectivity index (χ0) is 13.7. The van der Waals surface area contributed by atoms with Crippen LogP contribution < -0.4 is 5.32 Å². The maximum atomic E-state index is 10.7. The van der Waals surface area contributed by atoms with Crippen LogP contribution in [0.15, 0.2) is 16.7 Å². The first-order chi connectivity index (χ1) is 9.15. The van der Waals surface area contributed by atoms with Gasteiger partial charge in [0.05, 0.1) is 12.1 Å². The molecule has 1 aromatic rings. The molecule has 0 unspecified atom stereocenters. The van der Waals surface area contributed by atoms with Gasteiger partial charge in [-0.15, -0.1) is 0 Å². The van der Waals surface area contributed by atoms with Crippen molar-refractivity contribution < 1.29 is 19.4 Å². The first-order valence-corrected chi connectivity index (χ1v) is 6.77. The van der Waals surface area contributed by atoms with Gasteiger partial charge in [0.2, 0.25) is 0 Å². The Morgan fingerprint density at radius 1 is 1.37 bits per heavy atom. The fraction of sp³-hybridized carbons (Fsp3) is 0.643. The van der Waals surface area contributed by atoms with Gasteiger partial charge in [-0.2, -0.15) is 0 Å². The van der Waals surface area contributed by atoms with Crippen molar-refractivity contribution in [3.63, 3.8) is 0 Å². The number of hydrogen-bond acceptors (Lipinski definition) is 4. The smallest absolute Gasteiger partial charge is 0.338 e. The molecule has 0 aromatic carbocycles. The Bertz CT molecular complexity index is 421. The van der Waals surface area contributed by atoms with E-state index in [0.717, 1.165) is 19.4 Å². The number of rotatable bonds is 6. The molecule has 2 rings (SSSR count). The molecular formula is C14H21NO4. The number of aliphatic hydroxyl groups is 1. The molecule has 106 valence electrons. The number of carbonyl (C=O) groups is 1. The zero-order valence-electron chi connectivity index (χ0n) is 11.0. The monoisotopic (exact) mass is 267 g/mol. The van der Waals surface area contributed by atoms with Gasteiger partial charge in [0.1, 0.15) is 12.0 Å². The number of nitrogens with one attached hydrogen (secondary N) is 1. The van der Waals surface area contributed by atoms with E-state index in [1.807, 2.05) is 0 Å². The summed E-state index contributed by atoms with van der Waals surface area (Å²) in [5, 5.41) is 21.6. The van der Waals surface area contributed by atoms with E-state index < -0.39 is 5.97 Å². The molecule has 0 bridgehead atoms. The Kier molecular flexibility index (Phi) is 4.61. The minimum atomic E-state index is -0.978. The third-order valence-corrected chi connectivity index (χ3v) is 3.95. The van der Waals surface area contributed by atoms with Crippen molar-refractivity contribution in [3.05, 3.63) is 23.7 Å². The van der Waals surface area contributed by atoms with Crippen LogP contribution in [0.5, 0.6) is 0 Å². The van der Waals surface area contributed by atoms with E-state index in [1.165, 1.54) is 31.6 Å². The summed E-state index contributed by atoms with van der Waals surface area (Å²) in [5.41, 5.74) is 0.159. The van der Waals surface area contributed by atoms with Crippen LogP contribution in [-0.2, 0) is 6.54 Å². The topological polar surface area (TPSA) is 82.7 Å². The first-order valence-electron chi connectivity index (χ1n) is 6.77. The SMILES string of the molecule is O=C(O)c1coc(CNCC2(CO)CCCCC2)c1. The average Bonchev–Trinajstić information content (AvgIpc) is 2.89. The Labute approximate surface area is 112 Å². The van der Waals surface area contributed by atoms with Gasteiger partial charge in [-0.3, -0.25) is 0 Å². The third kappa shape index (κ3) is 3.58. The van der Waals surface area contributed by atoms with Gasteiger partial charge in [0, 0.05) is 18.6 Å². The fourth-order valence-electron chi connectivity index (χ4n) is 2.73. The summed E-state index contributed by atoms with van der Waals surface area (Å²) in [6.07, 6.45) is 6.95. The lowest BCUT2D eigenvalue weighted by Crippen LogP contribution is -2.38. The van der Waals surface area contributed by atoms with E-state index in [4.69, 9.17) is 9.52 Å². The molecule has 1 saturated carbocycles. The number of hydrogen-bond donors (Lipinski definition) is 3. The lowest BCUT2D eigenvalue weighted by Gasteiger charge is -2.35. The summed E-state index contributed by atoms with van der Waals surface area (Å²) in [5.74, 6) is -0.365. The molecule has 0 spiro atoms. The maximum absolute atomic E-state index is 10.7. The molecule has 3 N–H and O–H groups in total. The van der Waals surface area contributed by atoms with Crippen LogP contribution in [-0.4, -0.2) is 29.3 Å². The van der Waals surface area contributed by atoms with Gasteiger partial charge >= 0.3 is 5.97 Å². The van der Waals surface area contributed by atoms with Crippen molar-refractivity contribution in [2.75, 3.05) is 13.2 Å². The predicted molar refractivity (Wildman–Crippen MR) is 70.0 cm³/mol. The van der Waals surface area contributed by atoms with Crippen molar-refractivity contribution in [3.8, 4) is 0 Å². The van der Waals surface area contributed by atoms with E-state index in [9.17, 15) is 9.90 Å². The van der Waals surface area contributed by atoms with Crippen molar-refractivity contribution in [2.45, 2.75) is 38.6 Å². The van der Waals surface area contributed by atoms with Crippen molar-refractivity contribution in [1.29, 1.82) is 0 Å². The van der Waals surface area contributed by atoms with Crippen LogP contribution in [0.2, 0.25) is 0 Å². The molecule has 1 aromatic heterocycles. The standard InChI is InChI=1S/C14H21NO4/c16-10-14(4-2-1-3-5-14)9-15-7-12-6-11(8-19-12)13(17)18/h6,8,15-16H,1-5,7,9-10H2,(H,17,18). The Morgan fingerprint density at radius 2 is 2.11 bits per heavy atom. The molecule has 1 fully saturated rings. The van der Waals surface area contributed by atoms with Crippen LogP contribution in [0.3, 0.4) is 0 Å². The molecule has 5 heteroatoms. The number of carboxylic acid groups (broad SMARTS) is 1. The zero-order valence-corrected chi connectivity index (χ0v) is 11.0. The van der Waals surface area contributed by atoms with Crippen LogP contribution >= 0.6 is 0 Å². The second-order valence-corrected chi connectivity index (χ2v) is 5.43. The highest BCUT2D eigenvalue weighted by atomic mass is 16.4. The highest BCUT2D eigenvalue weighted by Crippen LogP contribution is 2.35. The molecule has 0 amide bonds. The fourth-order valence-corrected chi connectivity index (χ4v) is 2.73. The van der Waals surface area contributed by atoms with Gasteiger partial charge in [-0.1, -0.05) is 19.3 Å². The molecule has 1 aliphatic carbocycles. The number of aromatic carboxylic acids is 1. The van der Waals surface area contributed by atoms with E-state index in [2.05, 4.69) is 5.32 Å². The summed E-state index contributed by atoms with van der Waals surface area (Å²) in [4.78, 5) is 10.7. The Balaban J connectivity index is 1.82. The van der Waals surface area contributed by atoms with Gasteiger partial charge in [-0.25, -0.2) is 4.79 Å². The van der Waals surface area contributed by atoms with E-state index in [-0.39, 0.29) is 17.6 Å². The minimum Gasteiger partial charge on any atom is -0.478 e. The van der Waals surface area contributed by atoms with Crippen LogP contribution in [0.4, 0.5) is 0 Å². The van der Waals surface area contributed by atoms with Gasteiger partial charge in [0.15, 0.2) is 0 Å². The average molecular weight is 267 g/mol. The Hall–Kier alpha value is -1.33. The van der Waals surface area contributed by atoms with Gasteiger partial charge in [0.25, 0.3) is 0 Å². The predicted octanol–water partition coefficient (Wildman–Crippen LogP) is 2.01. The second kappa shape index (κ2) is 6.21. The molecule has 1 heterocycles. The summed E-state index contributed by atoms with van der Waals surface area (Å²) < 4.78 is 5.18. The molecule has 1 aliphatic rings. The molecule has 5 nitrogen and oxygen atoms in total. The minimum absolute atomic E-state index is 0.0134. The summed E-state index contributed by atoms with van der Waals surface area (Å²) >= 11 is 0. The van der Waals surface area contributed by atoms with Gasteiger partial charge < -0.3 is 19.9 Å². The van der Waals surface area contributed by atoms with Crippen LogP contribution in [0.25, 0.3) is 0 Å². The summed E-state index contributed by atoms with van der Waals surface area (Å²) in [7, 11) is 0. The van der Waals surface area contributed by atoms with Gasteiger partial charge in [-0.05, 0) is 18.9 Å². The second-order valence-electron chi connectivity index (χ2n) is 5.43. The Morgan fingerprint density at radius 3 is 2.68 bits per heavy atom. The number of aliphatic hydroxyl groups excluding tert-OH is 1. The quantitative estimate of drug-likeness (QED) is 0.734. The van der Waals surface area contributed by atoms with Crippen LogP contribution in [0.1, 0.15) is 48.2 Å². The van der Waals surface area contributed by atoms with E-state index in [0.29, 0.717) is 12.3 Å². The molecule has 0 atom stereocenters. The highest BCUT2D eigenvalue weighted by Gasteiger charge is 2.30. The first kappa shape index (κ1) is 14.1. The molecule has 0 aliphatic heterocycles. The van der Waals surface area contributed by atoms with E-state index >= 15 is 0 Å². The lowest BCUT2D eigenvalue weighted by atomic mass is 9.74. The molecular weight excluding hydrogens is 246 g/mol. The van der Waals surface area contributed by atoms with E-state index in [1.54, 1.807) is 0 Å². The van der Waals surface area contributed by atoms with Crippen molar-refractivity contribution in [1.82, 2.24) is 5.32 Å². The normalized spacial score (nSPS) is 18.4. The molecule has 0 radical (unpaired) electrons.